The SMILES string of the molecule is CCCCCCCCCCCCCCCCC(O)C[TeH]. The van der Waals surface area contributed by atoms with Gasteiger partial charge in [-0.2, -0.15) is 0 Å². The topological polar surface area (TPSA) is 20.2 Å². The van der Waals surface area contributed by atoms with E-state index < -0.39 is 0 Å². The molecule has 0 radical (unpaired) electrons. The molecule has 1 N–H and O–H groups in total. The summed E-state index contributed by atoms with van der Waals surface area (Å²) < 4.78 is 0.965. The second-order valence-corrected chi connectivity index (χ2v) is 7.26. The quantitative estimate of drug-likeness (QED) is 0.268. The Morgan fingerprint density at radius 2 is 1.00 bits per heavy atom. The maximum atomic E-state index is 9.46. The molecular weight excluding hydrogens is 360 g/mol. The van der Waals surface area contributed by atoms with E-state index in [4.69, 9.17) is 0 Å². The number of unbranched alkanes of at least 4 members (excludes halogenated alkanes) is 13. The molecular formula is C18H38OTe. The summed E-state index contributed by atoms with van der Waals surface area (Å²) >= 11 is 1.73. The first-order valence-electron chi connectivity index (χ1n) is 9.10. The van der Waals surface area contributed by atoms with Crippen LogP contribution < -0.4 is 0 Å². The zero-order valence-corrected chi connectivity index (χ0v) is 16.3. The molecule has 0 rings (SSSR count). The summed E-state index contributed by atoms with van der Waals surface area (Å²) in [6, 6.07) is 0. The Kier molecular flexibility index (Phi) is 18.5. The summed E-state index contributed by atoms with van der Waals surface area (Å²) in [5, 5.41) is 9.46. The Morgan fingerprint density at radius 3 is 1.35 bits per heavy atom. The number of aliphatic hydroxyl groups is 1. The van der Waals surface area contributed by atoms with Gasteiger partial charge in [-0.25, -0.2) is 0 Å². The van der Waals surface area contributed by atoms with Crippen LogP contribution in [-0.4, -0.2) is 33.5 Å². The standard InChI is InChI=1S/C18H38OTe/c1-2-3-4-5-6-7-8-9-10-11-12-13-14-15-16-18(19)17-20/h18-20H,2-17H2,1H3. The average molecular weight is 398 g/mol. The molecule has 2 heteroatoms. The van der Waals surface area contributed by atoms with Crippen LogP contribution in [0.1, 0.15) is 103 Å². The summed E-state index contributed by atoms with van der Waals surface area (Å²) in [7, 11) is 0. The molecule has 20 heavy (non-hydrogen) atoms. The van der Waals surface area contributed by atoms with E-state index >= 15 is 0 Å². The van der Waals surface area contributed by atoms with Crippen molar-refractivity contribution in [3.05, 3.63) is 0 Å². The predicted octanol–water partition coefficient (Wildman–Crippen LogP) is 5.54. The number of aliphatic hydroxyl groups excluding tert-OH is 1. The van der Waals surface area contributed by atoms with Gasteiger partial charge in [0.2, 0.25) is 0 Å². The Balaban J connectivity index is 2.96. The molecule has 0 aliphatic heterocycles. The van der Waals surface area contributed by atoms with Gasteiger partial charge in [0.15, 0.2) is 0 Å². The van der Waals surface area contributed by atoms with E-state index in [9.17, 15) is 5.11 Å². The van der Waals surface area contributed by atoms with Crippen molar-refractivity contribution >= 4 is 22.3 Å². The van der Waals surface area contributed by atoms with E-state index in [0.717, 1.165) is 10.9 Å². The Bertz CT molecular complexity index is 173. The third kappa shape index (κ3) is 16.8. The molecule has 0 fully saturated rings. The van der Waals surface area contributed by atoms with Crippen LogP contribution in [0.15, 0.2) is 0 Å². The fraction of sp³-hybridized carbons (Fsp3) is 1.00. The van der Waals surface area contributed by atoms with E-state index in [-0.39, 0.29) is 6.10 Å². The molecule has 0 saturated carbocycles. The van der Waals surface area contributed by atoms with Crippen LogP contribution in [-0.2, 0) is 0 Å². The van der Waals surface area contributed by atoms with Gasteiger partial charge >= 0.3 is 102 Å². The van der Waals surface area contributed by atoms with Gasteiger partial charge in [0.1, 0.15) is 0 Å². The zero-order chi connectivity index (χ0) is 14.9. The second kappa shape index (κ2) is 17.8. The molecule has 0 aromatic rings. The summed E-state index contributed by atoms with van der Waals surface area (Å²) in [5.41, 5.74) is 0. The van der Waals surface area contributed by atoms with Crippen LogP contribution in [0.5, 0.6) is 0 Å². The Labute approximate surface area is 141 Å². The first-order valence-corrected chi connectivity index (χ1v) is 10.9. The van der Waals surface area contributed by atoms with E-state index in [1.807, 2.05) is 0 Å². The summed E-state index contributed by atoms with van der Waals surface area (Å²) in [6.07, 6.45) is 20.7. The van der Waals surface area contributed by atoms with Crippen molar-refractivity contribution in [3.63, 3.8) is 0 Å². The zero-order valence-electron chi connectivity index (χ0n) is 13.8. The van der Waals surface area contributed by atoms with E-state index in [0.29, 0.717) is 0 Å². The minimum absolute atomic E-state index is 0.0265. The van der Waals surface area contributed by atoms with Crippen LogP contribution in [0.2, 0.25) is 4.47 Å². The van der Waals surface area contributed by atoms with Crippen molar-refractivity contribution in [3.8, 4) is 0 Å². The van der Waals surface area contributed by atoms with Gasteiger partial charge in [0, 0.05) is 0 Å². The molecule has 0 saturated heterocycles. The third-order valence-electron chi connectivity index (χ3n) is 4.10. The maximum absolute atomic E-state index is 9.46. The molecule has 0 bridgehead atoms. The molecule has 0 aromatic heterocycles. The van der Waals surface area contributed by atoms with Gasteiger partial charge in [-0.15, -0.1) is 0 Å². The van der Waals surface area contributed by atoms with Crippen molar-refractivity contribution in [2.75, 3.05) is 0 Å². The molecule has 0 aliphatic carbocycles. The summed E-state index contributed by atoms with van der Waals surface area (Å²) in [5.74, 6) is 0. The van der Waals surface area contributed by atoms with Crippen molar-refractivity contribution < 1.29 is 5.11 Å². The fourth-order valence-electron chi connectivity index (χ4n) is 2.67. The monoisotopic (exact) mass is 400 g/mol. The van der Waals surface area contributed by atoms with Crippen molar-refractivity contribution in [1.29, 1.82) is 0 Å². The molecule has 1 atom stereocenters. The molecule has 0 amide bonds. The van der Waals surface area contributed by atoms with Crippen molar-refractivity contribution in [1.82, 2.24) is 0 Å². The van der Waals surface area contributed by atoms with Gasteiger partial charge in [-0.3, -0.25) is 0 Å². The van der Waals surface area contributed by atoms with Gasteiger partial charge < -0.3 is 0 Å². The van der Waals surface area contributed by atoms with Gasteiger partial charge in [-0.05, 0) is 0 Å². The number of hydrogen-bond donors (Lipinski definition) is 1. The molecule has 0 aliphatic rings. The first-order chi connectivity index (χ1) is 9.81. The summed E-state index contributed by atoms with van der Waals surface area (Å²) in [4.78, 5) is 0. The second-order valence-electron chi connectivity index (χ2n) is 6.22. The Morgan fingerprint density at radius 1 is 0.650 bits per heavy atom. The molecule has 122 valence electrons. The average Bonchev–Trinajstić information content (AvgIpc) is 2.47. The van der Waals surface area contributed by atoms with Crippen LogP contribution in [0, 0.1) is 0 Å². The third-order valence-corrected chi connectivity index (χ3v) is 5.30. The van der Waals surface area contributed by atoms with Crippen LogP contribution in [0.4, 0.5) is 0 Å². The predicted molar refractivity (Wildman–Crippen MR) is 92.9 cm³/mol. The number of rotatable bonds is 16. The van der Waals surface area contributed by atoms with Gasteiger partial charge in [-0.1, -0.05) is 39.0 Å². The van der Waals surface area contributed by atoms with Gasteiger partial charge in [0.05, 0.1) is 0 Å². The molecule has 1 unspecified atom stereocenters. The molecule has 0 heterocycles. The van der Waals surface area contributed by atoms with Crippen LogP contribution >= 0.6 is 0 Å². The molecule has 1 nitrogen and oxygen atoms in total. The van der Waals surface area contributed by atoms with E-state index in [1.165, 1.54) is 89.9 Å². The first kappa shape index (κ1) is 20.7. The van der Waals surface area contributed by atoms with Gasteiger partial charge in [0.25, 0.3) is 0 Å². The van der Waals surface area contributed by atoms with E-state index in [2.05, 4.69) is 6.92 Å². The molecule has 0 aromatic carbocycles. The Hall–Kier alpha value is 0.750. The van der Waals surface area contributed by atoms with Crippen LogP contribution in [0.3, 0.4) is 0 Å². The van der Waals surface area contributed by atoms with E-state index in [1.54, 1.807) is 22.3 Å². The summed E-state index contributed by atoms with van der Waals surface area (Å²) in [6.45, 7) is 2.28. The normalized spacial score (nSPS) is 12.8. The van der Waals surface area contributed by atoms with Crippen molar-refractivity contribution in [2.45, 2.75) is 114 Å². The number of hydrogen-bond acceptors (Lipinski definition) is 1. The van der Waals surface area contributed by atoms with Crippen molar-refractivity contribution in [2.24, 2.45) is 0 Å². The minimum atomic E-state index is -0.0265. The molecule has 0 spiro atoms. The van der Waals surface area contributed by atoms with Crippen LogP contribution in [0.25, 0.3) is 0 Å². The fourth-order valence-corrected chi connectivity index (χ4v) is 3.19.